The van der Waals surface area contributed by atoms with Crippen LogP contribution in [0.3, 0.4) is 0 Å². The highest BCUT2D eigenvalue weighted by Gasteiger charge is 2.55. The third-order valence-corrected chi connectivity index (χ3v) is 7.06. The minimum atomic E-state index is -0.879. The number of rotatable bonds is 3. The number of aromatic nitrogens is 4. The average Bonchev–Trinajstić information content (AvgIpc) is 3.24. The fourth-order valence-electron chi connectivity index (χ4n) is 4.88. The minimum Gasteiger partial charge on any atom is -0.465 e. The third kappa shape index (κ3) is 3.54. The Morgan fingerprint density at radius 3 is 2.77 bits per heavy atom. The van der Waals surface area contributed by atoms with E-state index in [9.17, 15) is 14.7 Å². The minimum absolute atomic E-state index is 0.0138. The zero-order chi connectivity index (χ0) is 21.6. The average molecular weight is 485 g/mol. The molecule has 1 atom stereocenters. The SMILES string of the molecule is O=C(O)N1CCC2(CC1)CN(C(=O)c1ccc3[nH]nnc3c1)C2Cc1cncc(Br)c1. The molecule has 2 N–H and O–H groups in total. The van der Waals surface area contributed by atoms with Gasteiger partial charge in [-0.3, -0.25) is 14.9 Å². The number of nitrogens with zero attached hydrogens (tertiary/aromatic N) is 5. The molecule has 2 aliphatic heterocycles. The zero-order valence-electron chi connectivity index (χ0n) is 16.7. The summed E-state index contributed by atoms with van der Waals surface area (Å²) in [5.41, 5.74) is 2.99. The summed E-state index contributed by atoms with van der Waals surface area (Å²) >= 11 is 3.47. The lowest BCUT2D eigenvalue weighted by Gasteiger charge is -2.60. The highest BCUT2D eigenvalue weighted by molar-refractivity contribution is 9.10. The van der Waals surface area contributed by atoms with Gasteiger partial charge in [0.15, 0.2) is 0 Å². The van der Waals surface area contributed by atoms with E-state index in [-0.39, 0.29) is 17.4 Å². The molecule has 2 fully saturated rings. The first-order valence-corrected chi connectivity index (χ1v) is 10.9. The number of aromatic amines is 1. The van der Waals surface area contributed by atoms with E-state index in [1.54, 1.807) is 18.3 Å². The van der Waals surface area contributed by atoms with Gasteiger partial charge in [-0.15, -0.1) is 5.10 Å². The van der Waals surface area contributed by atoms with Gasteiger partial charge in [-0.25, -0.2) is 4.79 Å². The second-order valence-corrected chi connectivity index (χ2v) is 9.26. The number of hydrogen-bond donors (Lipinski definition) is 2. The van der Waals surface area contributed by atoms with Gasteiger partial charge in [0.25, 0.3) is 5.91 Å². The topological polar surface area (TPSA) is 115 Å². The Bertz CT molecular complexity index is 1160. The maximum absolute atomic E-state index is 13.4. The lowest BCUT2D eigenvalue weighted by atomic mass is 9.63. The molecule has 4 heterocycles. The second-order valence-electron chi connectivity index (χ2n) is 8.34. The lowest BCUT2D eigenvalue weighted by molar-refractivity contribution is -0.0835. The van der Waals surface area contributed by atoms with Crippen LogP contribution in [0, 0.1) is 5.41 Å². The largest absolute Gasteiger partial charge is 0.465 e. The molecule has 1 spiro atoms. The molecular weight excluding hydrogens is 464 g/mol. The Morgan fingerprint density at radius 2 is 2.03 bits per heavy atom. The summed E-state index contributed by atoms with van der Waals surface area (Å²) < 4.78 is 0.897. The predicted molar refractivity (Wildman–Crippen MR) is 116 cm³/mol. The maximum atomic E-state index is 13.4. The molecule has 1 aromatic carbocycles. The molecular formula is C21H21BrN6O3. The van der Waals surface area contributed by atoms with Crippen LogP contribution < -0.4 is 0 Å². The number of likely N-dealkylation sites (tertiary alicyclic amines) is 2. The van der Waals surface area contributed by atoms with Crippen molar-refractivity contribution in [2.75, 3.05) is 19.6 Å². The van der Waals surface area contributed by atoms with Gasteiger partial charge in [0.2, 0.25) is 0 Å². The molecule has 10 heteroatoms. The molecule has 0 bridgehead atoms. The summed E-state index contributed by atoms with van der Waals surface area (Å²) in [6.07, 6.45) is 4.86. The molecule has 31 heavy (non-hydrogen) atoms. The summed E-state index contributed by atoms with van der Waals surface area (Å²) in [7, 11) is 0. The van der Waals surface area contributed by atoms with Gasteiger partial charge in [0, 0.05) is 53.5 Å². The number of halogens is 1. The Morgan fingerprint density at radius 1 is 1.23 bits per heavy atom. The highest BCUT2D eigenvalue weighted by atomic mass is 79.9. The number of hydrogen-bond acceptors (Lipinski definition) is 5. The van der Waals surface area contributed by atoms with Gasteiger partial charge in [0.05, 0.1) is 5.52 Å². The summed E-state index contributed by atoms with van der Waals surface area (Å²) in [4.78, 5) is 32.4. The first kappa shape index (κ1) is 19.9. The van der Waals surface area contributed by atoms with Crippen LogP contribution in [0.1, 0.15) is 28.8 Å². The third-order valence-electron chi connectivity index (χ3n) is 6.62. The molecule has 160 valence electrons. The number of carbonyl (C=O) groups is 2. The molecule has 1 unspecified atom stereocenters. The Labute approximate surface area is 186 Å². The van der Waals surface area contributed by atoms with Crippen molar-refractivity contribution in [3.63, 3.8) is 0 Å². The van der Waals surface area contributed by atoms with E-state index in [0.717, 1.165) is 28.4 Å². The van der Waals surface area contributed by atoms with E-state index in [0.29, 0.717) is 37.1 Å². The molecule has 0 radical (unpaired) electrons. The fourth-order valence-corrected chi connectivity index (χ4v) is 5.29. The van der Waals surface area contributed by atoms with Gasteiger partial charge in [-0.05, 0) is 65.0 Å². The second kappa shape index (κ2) is 7.60. The standard InChI is InChI=1S/C21H21BrN6O3/c22-15-7-13(10-23-11-15)8-18-21(3-5-27(6-4-21)20(30)31)12-28(18)19(29)14-1-2-16-17(9-14)25-26-24-16/h1-2,7,9-11,18H,3-6,8,12H2,(H,30,31)(H,24,25,26). The van der Waals surface area contributed by atoms with Crippen LogP contribution in [-0.2, 0) is 6.42 Å². The van der Waals surface area contributed by atoms with Crippen molar-refractivity contribution in [2.45, 2.75) is 25.3 Å². The van der Waals surface area contributed by atoms with Crippen LogP contribution in [0.4, 0.5) is 4.79 Å². The summed E-state index contributed by atoms with van der Waals surface area (Å²) in [5.74, 6) is -0.0378. The van der Waals surface area contributed by atoms with Gasteiger partial charge in [-0.2, -0.15) is 0 Å². The van der Waals surface area contributed by atoms with E-state index >= 15 is 0 Å². The summed E-state index contributed by atoms with van der Waals surface area (Å²) in [5, 5.41) is 19.9. The number of piperidine rings is 1. The maximum Gasteiger partial charge on any atom is 0.407 e. The molecule has 5 rings (SSSR count). The van der Waals surface area contributed by atoms with E-state index in [4.69, 9.17) is 0 Å². The van der Waals surface area contributed by atoms with Crippen molar-refractivity contribution < 1.29 is 14.7 Å². The fraction of sp³-hybridized carbons (Fsp3) is 0.381. The van der Waals surface area contributed by atoms with Gasteiger partial charge < -0.3 is 14.9 Å². The van der Waals surface area contributed by atoms with Crippen molar-refractivity contribution >= 4 is 39.0 Å². The van der Waals surface area contributed by atoms with Crippen LogP contribution in [0.5, 0.6) is 0 Å². The van der Waals surface area contributed by atoms with Gasteiger partial charge >= 0.3 is 6.09 Å². The van der Waals surface area contributed by atoms with Crippen molar-refractivity contribution in [3.8, 4) is 0 Å². The first-order valence-electron chi connectivity index (χ1n) is 10.1. The van der Waals surface area contributed by atoms with Crippen molar-refractivity contribution in [1.82, 2.24) is 30.2 Å². The molecule has 2 aromatic heterocycles. The molecule has 2 amide bonds. The first-order chi connectivity index (χ1) is 14.9. The lowest BCUT2D eigenvalue weighted by Crippen LogP contribution is -2.69. The predicted octanol–water partition coefficient (Wildman–Crippen LogP) is 2.94. The monoisotopic (exact) mass is 484 g/mol. The number of carboxylic acid groups (broad SMARTS) is 1. The van der Waals surface area contributed by atoms with Gasteiger partial charge in [-0.1, -0.05) is 5.21 Å². The van der Waals surface area contributed by atoms with Crippen molar-refractivity contribution in [3.05, 3.63) is 52.3 Å². The number of H-pyrrole nitrogens is 1. The van der Waals surface area contributed by atoms with E-state index in [1.165, 1.54) is 4.90 Å². The smallest absolute Gasteiger partial charge is 0.407 e. The number of amides is 2. The van der Waals surface area contributed by atoms with Crippen LogP contribution >= 0.6 is 15.9 Å². The molecule has 0 aliphatic carbocycles. The number of pyridine rings is 1. The molecule has 3 aromatic rings. The van der Waals surface area contributed by atoms with Crippen LogP contribution in [0.15, 0.2) is 41.1 Å². The van der Waals surface area contributed by atoms with Crippen LogP contribution in [-0.4, -0.2) is 73.0 Å². The van der Waals surface area contributed by atoms with Crippen LogP contribution in [0.25, 0.3) is 11.0 Å². The van der Waals surface area contributed by atoms with E-state index in [2.05, 4.69) is 36.3 Å². The molecule has 2 aliphatic rings. The number of benzene rings is 1. The van der Waals surface area contributed by atoms with Gasteiger partial charge in [0.1, 0.15) is 5.52 Å². The number of fused-ring (bicyclic) bond motifs is 1. The van der Waals surface area contributed by atoms with E-state index < -0.39 is 6.09 Å². The molecule has 0 saturated carbocycles. The highest BCUT2D eigenvalue weighted by Crippen LogP contribution is 2.48. The quantitative estimate of drug-likeness (QED) is 0.590. The molecule has 9 nitrogen and oxygen atoms in total. The van der Waals surface area contributed by atoms with Crippen LogP contribution in [0.2, 0.25) is 0 Å². The summed E-state index contributed by atoms with van der Waals surface area (Å²) in [6.45, 7) is 1.62. The summed E-state index contributed by atoms with van der Waals surface area (Å²) in [6, 6.07) is 7.38. The number of nitrogens with one attached hydrogen (secondary N) is 1. The van der Waals surface area contributed by atoms with Crippen molar-refractivity contribution in [1.29, 1.82) is 0 Å². The van der Waals surface area contributed by atoms with E-state index in [1.807, 2.05) is 23.2 Å². The molecule has 2 saturated heterocycles. The zero-order valence-corrected chi connectivity index (χ0v) is 18.2. The Balaban J connectivity index is 1.42. The Kier molecular flexibility index (Phi) is 4.88. The normalized spacial score (nSPS) is 20.1. The number of carbonyl (C=O) groups excluding carboxylic acids is 1. The van der Waals surface area contributed by atoms with Crippen molar-refractivity contribution in [2.24, 2.45) is 5.41 Å². The Hall–Kier alpha value is -3.01.